The normalized spacial score (nSPS) is 14.9. The molecule has 3 aromatic rings. The summed E-state index contributed by atoms with van der Waals surface area (Å²) in [6.07, 6.45) is 0. The molecule has 0 unspecified atom stereocenters. The third kappa shape index (κ3) is 2.19. The van der Waals surface area contributed by atoms with Gasteiger partial charge in [0.25, 0.3) is 0 Å². The first-order valence-electron chi connectivity index (χ1n) is 8.84. The van der Waals surface area contributed by atoms with Gasteiger partial charge in [0.05, 0.1) is 0 Å². The van der Waals surface area contributed by atoms with Gasteiger partial charge in [-0.25, -0.2) is 0 Å². The summed E-state index contributed by atoms with van der Waals surface area (Å²) in [7, 11) is 1.83. The molecule has 0 radical (unpaired) electrons. The van der Waals surface area contributed by atoms with Gasteiger partial charge in [-0.1, -0.05) is 93.6 Å². The lowest BCUT2D eigenvalue weighted by Gasteiger charge is -2.36. The van der Waals surface area contributed by atoms with E-state index in [0.717, 1.165) is 0 Å². The predicted molar refractivity (Wildman–Crippen MR) is 104 cm³/mol. The Hall–Kier alpha value is -2.38. The minimum Gasteiger partial charge on any atom is -0.364 e. The standard InChI is InChI=1S/C24H24O/c1-23(2,3)21-15-9-10-16-22(21)24(25-4)19-13-7-5-11-17(19)18-12-6-8-14-20(18)24/h5-16H,1-4H3. The van der Waals surface area contributed by atoms with Crippen molar-refractivity contribution in [2.45, 2.75) is 31.8 Å². The Morgan fingerprint density at radius 1 is 0.640 bits per heavy atom. The van der Waals surface area contributed by atoms with Crippen LogP contribution in [-0.4, -0.2) is 7.11 Å². The molecule has 25 heavy (non-hydrogen) atoms. The molecule has 0 aliphatic heterocycles. The Morgan fingerprint density at radius 2 is 1.08 bits per heavy atom. The molecule has 4 rings (SSSR count). The van der Waals surface area contributed by atoms with Crippen LogP contribution >= 0.6 is 0 Å². The van der Waals surface area contributed by atoms with E-state index in [-0.39, 0.29) is 5.41 Å². The molecular weight excluding hydrogens is 304 g/mol. The van der Waals surface area contributed by atoms with E-state index in [0.29, 0.717) is 0 Å². The molecule has 0 saturated heterocycles. The van der Waals surface area contributed by atoms with Gasteiger partial charge < -0.3 is 4.74 Å². The van der Waals surface area contributed by atoms with Crippen LogP contribution in [0.25, 0.3) is 11.1 Å². The molecule has 0 fully saturated rings. The second kappa shape index (κ2) is 5.57. The second-order valence-electron chi connectivity index (χ2n) is 7.77. The Kier molecular flexibility index (Phi) is 3.59. The first-order chi connectivity index (χ1) is 12.0. The molecule has 0 spiro atoms. The predicted octanol–water partition coefficient (Wildman–Crippen LogP) is 5.90. The smallest absolute Gasteiger partial charge is 0.144 e. The van der Waals surface area contributed by atoms with E-state index in [1.807, 2.05) is 7.11 Å². The molecule has 3 aromatic carbocycles. The van der Waals surface area contributed by atoms with Crippen molar-refractivity contribution in [2.75, 3.05) is 7.11 Å². The van der Waals surface area contributed by atoms with Crippen molar-refractivity contribution < 1.29 is 4.74 Å². The highest BCUT2D eigenvalue weighted by molar-refractivity contribution is 5.82. The number of benzene rings is 3. The summed E-state index contributed by atoms with van der Waals surface area (Å²) >= 11 is 0. The highest BCUT2D eigenvalue weighted by atomic mass is 16.5. The Labute approximate surface area is 150 Å². The quantitative estimate of drug-likeness (QED) is 0.569. The number of hydrogen-bond acceptors (Lipinski definition) is 1. The van der Waals surface area contributed by atoms with Crippen LogP contribution in [0.2, 0.25) is 0 Å². The number of hydrogen-bond donors (Lipinski definition) is 0. The molecule has 1 nitrogen and oxygen atoms in total. The summed E-state index contributed by atoms with van der Waals surface area (Å²) in [5.41, 5.74) is 7.04. The van der Waals surface area contributed by atoms with Crippen molar-refractivity contribution in [1.82, 2.24) is 0 Å². The fourth-order valence-corrected chi connectivity index (χ4v) is 4.26. The van der Waals surface area contributed by atoms with E-state index in [4.69, 9.17) is 4.74 Å². The van der Waals surface area contributed by atoms with Crippen molar-refractivity contribution in [2.24, 2.45) is 0 Å². The zero-order valence-electron chi connectivity index (χ0n) is 15.3. The average Bonchev–Trinajstić information content (AvgIpc) is 2.92. The molecule has 126 valence electrons. The maximum atomic E-state index is 6.37. The van der Waals surface area contributed by atoms with Crippen LogP contribution in [0.15, 0.2) is 72.8 Å². The Morgan fingerprint density at radius 3 is 1.56 bits per heavy atom. The number of ether oxygens (including phenoxy) is 1. The van der Waals surface area contributed by atoms with E-state index >= 15 is 0 Å². The van der Waals surface area contributed by atoms with Crippen molar-refractivity contribution in [3.8, 4) is 11.1 Å². The van der Waals surface area contributed by atoms with Gasteiger partial charge in [0.2, 0.25) is 0 Å². The molecule has 1 aliphatic carbocycles. The molecule has 1 heteroatoms. The van der Waals surface area contributed by atoms with E-state index in [9.17, 15) is 0 Å². The molecule has 0 amide bonds. The average molecular weight is 328 g/mol. The summed E-state index contributed by atoms with van der Waals surface area (Å²) in [6.45, 7) is 6.80. The molecular formula is C24H24O. The zero-order valence-corrected chi connectivity index (χ0v) is 15.3. The molecule has 0 bridgehead atoms. The maximum Gasteiger partial charge on any atom is 0.144 e. The van der Waals surface area contributed by atoms with E-state index in [1.54, 1.807) is 0 Å². The Bertz CT molecular complexity index is 885. The van der Waals surface area contributed by atoms with E-state index in [2.05, 4.69) is 93.6 Å². The van der Waals surface area contributed by atoms with Crippen molar-refractivity contribution in [3.63, 3.8) is 0 Å². The Balaban J connectivity index is 2.13. The zero-order chi connectivity index (χ0) is 17.7. The fourth-order valence-electron chi connectivity index (χ4n) is 4.26. The van der Waals surface area contributed by atoms with Gasteiger partial charge in [0.15, 0.2) is 0 Å². The lowest BCUT2D eigenvalue weighted by Crippen LogP contribution is -2.32. The minimum atomic E-state index is -0.558. The first kappa shape index (κ1) is 16.1. The monoisotopic (exact) mass is 328 g/mol. The molecule has 0 atom stereocenters. The third-order valence-corrected chi connectivity index (χ3v) is 5.32. The largest absolute Gasteiger partial charge is 0.364 e. The van der Waals surface area contributed by atoms with Gasteiger partial charge in [-0.05, 0) is 27.7 Å². The van der Waals surface area contributed by atoms with Gasteiger partial charge in [-0.2, -0.15) is 0 Å². The van der Waals surface area contributed by atoms with Crippen molar-refractivity contribution in [1.29, 1.82) is 0 Å². The summed E-state index contributed by atoms with van der Waals surface area (Å²) in [5, 5.41) is 0. The van der Waals surface area contributed by atoms with Crippen LogP contribution in [0.5, 0.6) is 0 Å². The topological polar surface area (TPSA) is 9.23 Å². The number of methoxy groups -OCH3 is 1. The van der Waals surface area contributed by atoms with Gasteiger partial charge >= 0.3 is 0 Å². The van der Waals surface area contributed by atoms with Crippen LogP contribution in [0, 0.1) is 0 Å². The molecule has 0 heterocycles. The SMILES string of the molecule is COC1(c2ccccc2C(C)(C)C)c2ccccc2-c2ccccc21. The van der Waals surface area contributed by atoms with Gasteiger partial charge in [0.1, 0.15) is 5.60 Å². The van der Waals surface area contributed by atoms with Gasteiger partial charge in [-0.15, -0.1) is 0 Å². The maximum absolute atomic E-state index is 6.37. The van der Waals surface area contributed by atoms with Crippen LogP contribution in [-0.2, 0) is 15.8 Å². The lowest BCUT2D eigenvalue weighted by atomic mass is 9.75. The molecule has 0 aromatic heterocycles. The third-order valence-electron chi connectivity index (χ3n) is 5.32. The van der Waals surface area contributed by atoms with Crippen LogP contribution in [0.1, 0.15) is 43.0 Å². The minimum absolute atomic E-state index is 0.0363. The summed E-state index contributed by atoms with van der Waals surface area (Å²) < 4.78 is 6.37. The van der Waals surface area contributed by atoms with Crippen LogP contribution in [0.3, 0.4) is 0 Å². The lowest BCUT2D eigenvalue weighted by molar-refractivity contribution is 0.0609. The van der Waals surface area contributed by atoms with E-state index in [1.165, 1.54) is 33.4 Å². The van der Waals surface area contributed by atoms with Gasteiger partial charge in [-0.3, -0.25) is 0 Å². The second-order valence-corrected chi connectivity index (χ2v) is 7.77. The van der Waals surface area contributed by atoms with E-state index < -0.39 is 5.60 Å². The highest BCUT2D eigenvalue weighted by Crippen LogP contribution is 2.54. The van der Waals surface area contributed by atoms with Crippen LogP contribution in [0.4, 0.5) is 0 Å². The molecule has 0 saturated carbocycles. The van der Waals surface area contributed by atoms with Gasteiger partial charge in [0, 0.05) is 18.2 Å². The summed E-state index contributed by atoms with van der Waals surface area (Å²) in [5.74, 6) is 0. The first-order valence-corrected chi connectivity index (χ1v) is 8.84. The number of rotatable bonds is 2. The fraction of sp³-hybridized carbons (Fsp3) is 0.250. The molecule has 0 N–H and O–H groups in total. The number of fused-ring (bicyclic) bond motifs is 3. The van der Waals surface area contributed by atoms with Crippen molar-refractivity contribution >= 4 is 0 Å². The highest BCUT2D eigenvalue weighted by Gasteiger charge is 2.46. The molecule has 1 aliphatic rings. The van der Waals surface area contributed by atoms with Crippen LogP contribution < -0.4 is 0 Å². The van der Waals surface area contributed by atoms with Crippen molar-refractivity contribution in [3.05, 3.63) is 95.1 Å². The summed E-state index contributed by atoms with van der Waals surface area (Å²) in [6, 6.07) is 26.0. The summed E-state index contributed by atoms with van der Waals surface area (Å²) in [4.78, 5) is 0.